The minimum Gasteiger partial charge on any atom is -0.481 e. The van der Waals surface area contributed by atoms with Crippen molar-refractivity contribution in [2.75, 3.05) is 5.32 Å². The molecule has 152 valence electrons. The Morgan fingerprint density at radius 1 is 1.03 bits per heavy atom. The van der Waals surface area contributed by atoms with E-state index in [9.17, 15) is 14.4 Å². The summed E-state index contributed by atoms with van der Waals surface area (Å²) in [6, 6.07) is 16.0. The summed E-state index contributed by atoms with van der Waals surface area (Å²) in [6.45, 7) is 0. The molecule has 0 heterocycles. The van der Waals surface area contributed by atoms with E-state index in [1.807, 2.05) is 30.3 Å². The summed E-state index contributed by atoms with van der Waals surface area (Å²) in [5.74, 6) is -1.20. The summed E-state index contributed by atoms with van der Waals surface area (Å²) in [5, 5.41) is 17.5. The van der Waals surface area contributed by atoms with Crippen molar-refractivity contribution in [3.8, 4) is 0 Å². The molecule has 0 saturated heterocycles. The van der Waals surface area contributed by atoms with Crippen molar-refractivity contribution in [1.29, 1.82) is 0 Å². The SMILES string of the molecule is O=C(O)CCC(Cc1ccccc1)NC(=O)c1cccc(NC(=O)NC2CC2)c1. The molecule has 1 fully saturated rings. The number of hydrogen-bond acceptors (Lipinski definition) is 3. The van der Waals surface area contributed by atoms with Crippen LogP contribution in [-0.4, -0.2) is 35.1 Å². The van der Waals surface area contributed by atoms with Crippen LogP contribution in [0.2, 0.25) is 0 Å². The Kier molecular flexibility index (Phi) is 6.84. The topological polar surface area (TPSA) is 108 Å². The van der Waals surface area contributed by atoms with Gasteiger partial charge in [0.05, 0.1) is 0 Å². The number of carboxylic acids is 1. The third kappa shape index (κ3) is 6.95. The molecule has 0 aromatic heterocycles. The van der Waals surface area contributed by atoms with Crippen LogP contribution in [0.5, 0.6) is 0 Å². The first-order valence-electron chi connectivity index (χ1n) is 9.74. The van der Waals surface area contributed by atoms with Crippen LogP contribution in [0.3, 0.4) is 0 Å². The number of rotatable bonds is 9. The van der Waals surface area contributed by atoms with Gasteiger partial charge in [-0.05, 0) is 49.4 Å². The molecule has 0 spiro atoms. The number of carbonyl (C=O) groups excluding carboxylic acids is 2. The maximum absolute atomic E-state index is 12.7. The molecule has 2 aromatic carbocycles. The lowest BCUT2D eigenvalue weighted by molar-refractivity contribution is -0.137. The number of nitrogens with one attached hydrogen (secondary N) is 3. The molecule has 4 N–H and O–H groups in total. The van der Waals surface area contributed by atoms with Crippen molar-refractivity contribution in [2.24, 2.45) is 0 Å². The lowest BCUT2D eigenvalue weighted by Gasteiger charge is -2.18. The van der Waals surface area contributed by atoms with Crippen LogP contribution in [0.4, 0.5) is 10.5 Å². The first kappa shape index (κ1) is 20.4. The molecule has 1 unspecified atom stereocenters. The Labute approximate surface area is 169 Å². The van der Waals surface area contributed by atoms with Gasteiger partial charge in [-0.1, -0.05) is 36.4 Å². The Balaban J connectivity index is 1.63. The highest BCUT2D eigenvalue weighted by Gasteiger charge is 2.23. The fraction of sp³-hybridized carbons (Fsp3) is 0.318. The zero-order chi connectivity index (χ0) is 20.6. The zero-order valence-electron chi connectivity index (χ0n) is 16.1. The molecule has 2 aromatic rings. The van der Waals surface area contributed by atoms with Crippen LogP contribution in [0.1, 0.15) is 41.6 Å². The molecule has 29 heavy (non-hydrogen) atoms. The minimum absolute atomic E-state index is 0.0271. The van der Waals surface area contributed by atoms with Crippen LogP contribution in [0.25, 0.3) is 0 Å². The van der Waals surface area contributed by atoms with Gasteiger partial charge in [-0.25, -0.2) is 4.79 Å². The van der Waals surface area contributed by atoms with Gasteiger partial charge in [0.25, 0.3) is 5.91 Å². The van der Waals surface area contributed by atoms with Gasteiger partial charge in [-0.15, -0.1) is 0 Å². The van der Waals surface area contributed by atoms with E-state index in [0.29, 0.717) is 24.1 Å². The highest BCUT2D eigenvalue weighted by Crippen LogP contribution is 2.19. The van der Waals surface area contributed by atoms with Crippen LogP contribution >= 0.6 is 0 Å². The summed E-state index contributed by atoms with van der Waals surface area (Å²) < 4.78 is 0. The van der Waals surface area contributed by atoms with Gasteiger partial charge in [0.2, 0.25) is 0 Å². The van der Waals surface area contributed by atoms with E-state index in [1.54, 1.807) is 24.3 Å². The maximum Gasteiger partial charge on any atom is 0.319 e. The number of anilines is 1. The van der Waals surface area contributed by atoms with Gasteiger partial charge >= 0.3 is 12.0 Å². The van der Waals surface area contributed by atoms with E-state index in [4.69, 9.17) is 5.11 Å². The number of carboxylic acid groups (broad SMARTS) is 1. The molecule has 0 radical (unpaired) electrons. The maximum atomic E-state index is 12.7. The molecule has 1 aliphatic rings. The number of hydrogen-bond donors (Lipinski definition) is 4. The van der Waals surface area contributed by atoms with Crippen LogP contribution < -0.4 is 16.0 Å². The van der Waals surface area contributed by atoms with Crippen molar-refractivity contribution in [3.63, 3.8) is 0 Å². The molecule has 1 atom stereocenters. The van der Waals surface area contributed by atoms with Crippen molar-refractivity contribution < 1.29 is 19.5 Å². The number of carbonyl (C=O) groups is 3. The van der Waals surface area contributed by atoms with Gasteiger partial charge in [-0.2, -0.15) is 0 Å². The van der Waals surface area contributed by atoms with E-state index >= 15 is 0 Å². The van der Waals surface area contributed by atoms with Crippen molar-refractivity contribution in [3.05, 3.63) is 65.7 Å². The second-order valence-electron chi connectivity index (χ2n) is 7.25. The van der Waals surface area contributed by atoms with E-state index < -0.39 is 5.97 Å². The number of urea groups is 1. The van der Waals surface area contributed by atoms with Crippen LogP contribution in [0, 0.1) is 0 Å². The van der Waals surface area contributed by atoms with Gasteiger partial charge in [-0.3, -0.25) is 9.59 Å². The zero-order valence-corrected chi connectivity index (χ0v) is 16.1. The highest BCUT2D eigenvalue weighted by molar-refractivity contribution is 5.97. The Morgan fingerprint density at radius 3 is 2.48 bits per heavy atom. The van der Waals surface area contributed by atoms with Crippen LogP contribution in [-0.2, 0) is 11.2 Å². The van der Waals surface area contributed by atoms with E-state index in [1.165, 1.54) is 0 Å². The lowest BCUT2D eigenvalue weighted by Crippen LogP contribution is -2.37. The molecular formula is C22H25N3O4. The molecule has 0 aliphatic heterocycles. The molecular weight excluding hydrogens is 370 g/mol. The van der Waals surface area contributed by atoms with Gasteiger partial charge in [0.15, 0.2) is 0 Å². The summed E-state index contributed by atoms with van der Waals surface area (Å²) in [7, 11) is 0. The second kappa shape index (κ2) is 9.73. The minimum atomic E-state index is -0.898. The van der Waals surface area contributed by atoms with Crippen molar-refractivity contribution >= 4 is 23.6 Å². The third-order valence-electron chi connectivity index (χ3n) is 4.66. The Bertz CT molecular complexity index is 865. The first-order chi connectivity index (χ1) is 14.0. The summed E-state index contributed by atoms with van der Waals surface area (Å²) in [4.78, 5) is 35.6. The largest absolute Gasteiger partial charge is 0.481 e. The predicted octanol–water partition coefficient (Wildman–Crippen LogP) is 3.18. The predicted molar refractivity (Wildman–Crippen MR) is 110 cm³/mol. The second-order valence-corrected chi connectivity index (χ2v) is 7.25. The first-order valence-corrected chi connectivity index (χ1v) is 9.74. The van der Waals surface area contributed by atoms with Crippen LogP contribution in [0.15, 0.2) is 54.6 Å². The standard InChI is InChI=1S/C22H25N3O4/c26-20(27)12-11-19(13-15-5-2-1-3-6-15)23-21(28)16-7-4-8-18(14-16)25-22(29)24-17-9-10-17/h1-8,14,17,19H,9-13H2,(H,23,28)(H,26,27)(H2,24,25,29). The number of aliphatic carboxylic acids is 1. The summed E-state index contributed by atoms with van der Waals surface area (Å²) in [5.41, 5.74) is 1.96. The van der Waals surface area contributed by atoms with Gasteiger partial charge < -0.3 is 21.1 Å². The highest BCUT2D eigenvalue weighted by atomic mass is 16.4. The Hall–Kier alpha value is -3.35. The molecule has 7 heteroatoms. The molecule has 1 saturated carbocycles. The average Bonchev–Trinajstić information content (AvgIpc) is 3.51. The normalized spacial score (nSPS) is 13.9. The smallest absolute Gasteiger partial charge is 0.319 e. The molecule has 3 rings (SSSR count). The fourth-order valence-electron chi connectivity index (χ4n) is 3.01. The van der Waals surface area contributed by atoms with Gasteiger partial charge in [0, 0.05) is 29.8 Å². The van der Waals surface area contributed by atoms with E-state index in [0.717, 1.165) is 18.4 Å². The Morgan fingerprint density at radius 2 is 1.79 bits per heavy atom. The summed E-state index contributed by atoms with van der Waals surface area (Å²) in [6.07, 6.45) is 2.84. The molecule has 3 amide bonds. The lowest BCUT2D eigenvalue weighted by atomic mass is 10.0. The van der Waals surface area contributed by atoms with Crippen molar-refractivity contribution in [2.45, 2.75) is 44.2 Å². The monoisotopic (exact) mass is 395 g/mol. The molecule has 0 bridgehead atoms. The molecule has 1 aliphatic carbocycles. The third-order valence-corrected chi connectivity index (χ3v) is 4.66. The van der Waals surface area contributed by atoms with E-state index in [-0.39, 0.29) is 30.4 Å². The van der Waals surface area contributed by atoms with E-state index in [2.05, 4.69) is 16.0 Å². The number of benzene rings is 2. The van der Waals surface area contributed by atoms with Gasteiger partial charge in [0.1, 0.15) is 0 Å². The number of amides is 3. The molecule has 7 nitrogen and oxygen atoms in total. The fourth-order valence-corrected chi connectivity index (χ4v) is 3.01. The summed E-state index contributed by atoms with van der Waals surface area (Å²) >= 11 is 0. The van der Waals surface area contributed by atoms with Crippen molar-refractivity contribution in [1.82, 2.24) is 10.6 Å². The average molecular weight is 395 g/mol. The quantitative estimate of drug-likeness (QED) is 0.523.